The van der Waals surface area contributed by atoms with Gasteiger partial charge in [0.15, 0.2) is 5.82 Å². The van der Waals surface area contributed by atoms with Gasteiger partial charge in [0.25, 0.3) is 0 Å². The monoisotopic (exact) mass is 293 g/mol. The number of anilines is 1. The maximum Gasteiger partial charge on any atom is 0.152 e. The zero-order chi connectivity index (χ0) is 14.9. The number of hydrazine groups is 1. The van der Waals surface area contributed by atoms with Crippen molar-refractivity contribution in [2.45, 2.75) is 46.7 Å². The number of nitrogen functional groups attached to an aromatic ring is 1. The van der Waals surface area contributed by atoms with Gasteiger partial charge in [-0.1, -0.05) is 6.92 Å². The molecule has 0 saturated carbocycles. The Kier molecular flexibility index (Phi) is 4.57. The van der Waals surface area contributed by atoms with Gasteiger partial charge in [-0.25, -0.2) is 15.8 Å². The van der Waals surface area contributed by atoms with E-state index >= 15 is 0 Å². The second kappa shape index (κ2) is 6.03. The van der Waals surface area contributed by atoms with Crippen LogP contribution in [-0.4, -0.2) is 28.0 Å². The van der Waals surface area contributed by atoms with E-state index in [0.717, 1.165) is 34.8 Å². The summed E-state index contributed by atoms with van der Waals surface area (Å²) >= 11 is 1.70. The molecular weight excluding hydrogens is 270 g/mol. The molecule has 2 aromatic rings. The largest absolute Gasteiger partial charge is 0.308 e. The molecular formula is C14H23N5S. The summed E-state index contributed by atoms with van der Waals surface area (Å²) in [5.41, 5.74) is 3.93. The Morgan fingerprint density at radius 2 is 2.05 bits per heavy atom. The molecule has 0 aliphatic rings. The molecule has 0 aromatic carbocycles. The van der Waals surface area contributed by atoms with Crippen LogP contribution >= 0.6 is 11.3 Å². The number of fused-ring (bicyclic) bond motifs is 1. The summed E-state index contributed by atoms with van der Waals surface area (Å²) in [7, 11) is 2.10. The molecule has 0 amide bonds. The first-order valence-corrected chi connectivity index (χ1v) is 7.73. The highest BCUT2D eigenvalue weighted by Gasteiger charge is 2.16. The zero-order valence-electron chi connectivity index (χ0n) is 12.8. The number of aromatic nitrogens is 2. The second-order valence-electron chi connectivity index (χ2n) is 5.27. The van der Waals surface area contributed by atoms with Crippen LogP contribution in [0.1, 0.15) is 36.5 Å². The molecule has 0 saturated heterocycles. The van der Waals surface area contributed by atoms with E-state index in [9.17, 15) is 0 Å². The van der Waals surface area contributed by atoms with Gasteiger partial charge in [-0.3, -0.25) is 4.90 Å². The van der Waals surface area contributed by atoms with Gasteiger partial charge >= 0.3 is 0 Å². The third-order valence-electron chi connectivity index (χ3n) is 3.95. The molecule has 2 rings (SSSR count). The summed E-state index contributed by atoms with van der Waals surface area (Å²) in [6.45, 7) is 9.32. The number of nitrogens with one attached hydrogen (secondary N) is 1. The van der Waals surface area contributed by atoms with E-state index in [0.29, 0.717) is 6.04 Å². The highest BCUT2D eigenvalue weighted by atomic mass is 32.1. The molecule has 0 radical (unpaired) electrons. The Hall–Kier alpha value is -1.24. The van der Waals surface area contributed by atoms with Crippen LogP contribution in [-0.2, 0) is 6.54 Å². The minimum Gasteiger partial charge on any atom is -0.308 e. The van der Waals surface area contributed by atoms with E-state index in [4.69, 9.17) is 10.8 Å². The van der Waals surface area contributed by atoms with E-state index in [2.05, 4.69) is 50.1 Å². The number of hydrogen-bond donors (Lipinski definition) is 2. The molecule has 2 heterocycles. The fraction of sp³-hybridized carbons (Fsp3) is 0.571. The first kappa shape index (κ1) is 15.2. The topological polar surface area (TPSA) is 67.1 Å². The van der Waals surface area contributed by atoms with E-state index < -0.39 is 0 Å². The van der Waals surface area contributed by atoms with Crippen molar-refractivity contribution in [1.82, 2.24) is 14.9 Å². The fourth-order valence-electron chi connectivity index (χ4n) is 2.16. The van der Waals surface area contributed by atoms with Crippen LogP contribution in [0.4, 0.5) is 5.82 Å². The summed E-state index contributed by atoms with van der Waals surface area (Å²) in [4.78, 5) is 13.8. The minimum atomic E-state index is 0.510. The average molecular weight is 293 g/mol. The van der Waals surface area contributed by atoms with Crippen LogP contribution in [0.15, 0.2) is 0 Å². The maximum absolute atomic E-state index is 5.63. The minimum absolute atomic E-state index is 0.510. The first-order chi connectivity index (χ1) is 9.47. The van der Waals surface area contributed by atoms with Crippen LogP contribution in [0.25, 0.3) is 10.2 Å². The molecule has 0 fully saturated rings. The van der Waals surface area contributed by atoms with Crippen LogP contribution in [0.5, 0.6) is 0 Å². The Morgan fingerprint density at radius 1 is 1.35 bits per heavy atom. The van der Waals surface area contributed by atoms with Crippen molar-refractivity contribution in [3.63, 3.8) is 0 Å². The van der Waals surface area contributed by atoms with Crippen LogP contribution in [0, 0.1) is 13.8 Å². The number of aryl methyl sites for hydroxylation is 2. The molecule has 1 unspecified atom stereocenters. The summed E-state index contributed by atoms with van der Waals surface area (Å²) in [6, 6.07) is 0.510. The molecule has 20 heavy (non-hydrogen) atoms. The molecule has 6 heteroatoms. The van der Waals surface area contributed by atoms with Gasteiger partial charge < -0.3 is 5.43 Å². The normalized spacial score (nSPS) is 13.2. The van der Waals surface area contributed by atoms with E-state index in [1.165, 1.54) is 10.4 Å². The quantitative estimate of drug-likeness (QED) is 0.655. The predicted molar refractivity (Wildman–Crippen MR) is 85.9 cm³/mol. The summed E-state index contributed by atoms with van der Waals surface area (Å²) in [5, 5.41) is 1.05. The Balaban J connectivity index is 2.41. The van der Waals surface area contributed by atoms with Crippen molar-refractivity contribution >= 4 is 27.4 Å². The van der Waals surface area contributed by atoms with Gasteiger partial charge in [0.1, 0.15) is 10.7 Å². The number of nitrogens with two attached hydrogens (primary N) is 1. The lowest BCUT2D eigenvalue weighted by molar-refractivity contribution is 0.238. The Bertz CT molecular complexity index is 607. The molecule has 5 nitrogen and oxygen atoms in total. The van der Waals surface area contributed by atoms with Crippen molar-refractivity contribution in [2.24, 2.45) is 5.84 Å². The van der Waals surface area contributed by atoms with Gasteiger partial charge in [0.2, 0.25) is 0 Å². The van der Waals surface area contributed by atoms with Crippen LogP contribution in [0.3, 0.4) is 0 Å². The number of nitrogens with zero attached hydrogens (tertiary/aromatic N) is 3. The second-order valence-corrected chi connectivity index (χ2v) is 6.47. The molecule has 3 N–H and O–H groups in total. The third-order valence-corrected chi connectivity index (χ3v) is 5.05. The van der Waals surface area contributed by atoms with E-state index in [1.807, 2.05) is 0 Å². The Morgan fingerprint density at radius 3 is 2.65 bits per heavy atom. The average Bonchev–Trinajstić information content (AvgIpc) is 2.72. The van der Waals surface area contributed by atoms with E-state index in [1.54, 1.807) is 11.3 Å². The maximum atomic E-state index is 5.63. The molecule has 2 aromatic heterocycles. The fourth-order valence-corrected chi connectivity index (χ4v) is 3.21. The summed E-state index contributed by atoms with van der Waals surface area (Å²) < 4.78 is 0. The highest BCUT2D eigenvalue weighted by Crippen LogP contribution is 2.32. The smallest absolute Gasteiger partial charge is 0.152 e. The van der Waals surface area contributed by atoms with Crippen molar-refractivity contribution in [3.8, 4) is 0 Å². The van der Waals surface area contributed by atoms with E-state index in [-0.39, 0.29) is 0 Å². The van der Waals surface area contributed by atoms with Gasteiger partial charge in [-0.2, -0.15) is 0 Å². The number of rotatable bonds is 5. The predicted octanol–water partition coefficient (Wildman–Crippen LogP) is 2.82. The lowest BCUT2D eigenvalue weighted by Crippen LogP contribution is -2.28. The lowest BCUT2D eigenvalue weighted by Gasteiger charge is -2.22. The molecule has 0 aliphatic carbocycles. The van der Waals surface area contributed by atoms with Crippen molar-refractivity contribution in [1.29, 1.82) is 0 Å². The standard InChI is InChI=1S/C14H23N5S/c1-6-8(2)19(5)7-11-16-13(18-15)12-9(3)10(4)20-14(12)17-11/h8H,6-7,15H2,1-5H3,(H,16,17,18). The molecule has 1 atom stereocenters. The van der Waals surface area contributed by atoms with Crippen molar-refractivity contribution < 1.29 is 0 Å². The number of thiophene rings is 1. The Labute approximate surface area is 124 Å². The summed E-state index contributed by atoms with van der Waals surface area (Å²) in [5.74, 6) is 7.17. The van der Waals surface area contributed by atoms with Gasteiger partial charge in [0.05, 0.1) is 11.9 Å². The zero-order valence-corrected chi connectivity index (χ0v) is 13.6. The summed E-state index contributed by atoms with van der Waals surface area (Å²) in [6.07, 6.45) is 1.11. The molecule has 0 spiro atoms. The van der Waals surface area contributed by atoms with Crippen molar-refractivity contribution in [3.05, 3.63) is 16.3 Å². The van der Waals surface area contributed by atoms with Crippen LogP contribution in [0.2, 0.25) is 0 Å². The highest BCUT2D eigenvalue weighted by molar-refractivity contribution is 7.18. The molecule has 0 aliphatic heterocycles. The number of hydrogen-bond acceptors (Lipinski definition) is 6. The molecule has 110 valence electrons. The SMILES string of the molecule is CCC(C)N(C)Cc1nc(NN)c2c(C)c(C)sc2n1. The van der Waals surface area contributed by atoms with Gasteiger partial charge in [0, 0.05) is 10.9 Å². The third kappa shape index (κ3) is 2.77. The molecule has 0 bridgehead atoms. The van der Waals surface area contributed by atoms with Gasteiger partial charge in [-0.15, -0.1) is 11.3 Å². The lowest BCUT2D eigenvalue weighted by atomic mass is 10.2. The van der Waals surface area contributed by atoms with Gasteiger partial charge in [-0.05, 0) is 39.8 Å². The first-order valence-electron chi connectivity index (χ1n) is 6.91. The van der Waals surface area contributed by atoms with Crippen molar-refractivity contribution in [2.75, 3.05) is 12.5 Å². The van der Waals surface area contributed by atoms with Crippen LogP contribution < -0.4 is 11.3 Å².